The largest absolute Gasteiger partial charge is 0.497 e. The van der Waals surface area contributed by atoms with E-state index >= 15 is 0 Å². The highest BCUT2D eigenvalue weighted by atomic mass is 16.5. The molecule has 2 rings (SSSR count). The molecule has 0 aromatic heterocycles. The second kappa shape index (κ2) is 6.57. The van der Waals surface area contributed by atoms with Gasteiger partial charge >= 0.3 is 0 Å². The highest BCUT2D eigenvalue weighted by Crippen LogP contribution is 2.22. The Morgan fingerprint density at radius 1 is 1.45 bits per heavy atom. The van der Waals surface area contributed by atoms with Gasteiger partial charge in [0.25, 0.3) is 0 Å². The number of benzene rings is 1. The molecule has 0 aliphatic carbocycles. The molecule has 1 aromatic carbocycles. The first kappa shape index (κ1) is 14.6. The van der Waals surface area contributed by atoms with Crippen LogP contribution in [0.1, 0.15) is 18.9 Å². The third-order valence-corrected chi connectivity index (χ3v) is 3.81. The fourth-order valence-electron chi connectivity index (χ4n) is 2.60. The van der Waals surface area contributed by atoms with E-state index in [-0.39, 0.29) is 11.9 Å². The van der Waals surface area contributed by atoms with Gasteiger partial charge in [-0.1, -0.05) is 12.1 Å². The van der Waals surface area contributed by atoms with Crippen molar-refractivity contribution in [2.45, 2.75) is 19.4 Å². The summed E-state index contributed by atoms with van der Waals surface area (Å²) in [6.07, 6.45) is 4.47. The highest BCUT2D eigenvalue weighted by Gasteiger charge is 2.30. The summed E-state index contributed by atoms with van der Waals surface area (Å²) in [6, 6.07) is 7.90. The average Bonchev–Trinajstić information content (AvgIpc) is 2.86. The Bertz CT molecular complexity index is 482. The highest BCUT2D eigenvalue weighted by molar-refractivity contribution is 5.92. The minimum atomic E-state index is 0.0595. The molecule has 2 N–H and O–H groups in total. The lowest BCUT2D eigenvalue weighted by molar-refractivity contribution is -0.126. The first-order valence-corrected chi connectivity index (χ1v) is 6.97. The van der Waals surface area contributed by atoms with E-state index in [2.05, 4.69) is 6.92 Å². The zero-order chi connectivity index (χ0) is 14.5. The molecule has 1 aromatic rings. The molecule has 0 radical (unpaired) electrons. The number of hydrogen-bond donors (Lipinski definition) is 1. The number of hydrogen-bond acceptors (Lipinski definition) is 3. The monoisotopic (exact) mass is 274 g/mol. The van der Waals surface area contributed by atoms with Crippen LogP contribution in [0.2, 0.25) is 0 Å². The average molecular weight is 274 g/mol. The number of amides is 1. The van der Waals surface area contributed by atoms with Crippen molar-refractivity contribution in [3.8, 4) is 5.75 Å². The third kappa shape index (κ3) is 3.39. The molecular weight excluding hydrogens is 252 g/mol. The van der Waals surface area contributed by atoms with Crippen molar-refractivity contribution in [3.05, 3.63) is 35.9 Å². The topological polar surface area (TPSA) is 55.6 Å². The molecule has 0 spiro atoms. The molecule has 2 unspecified atom stereocenters. The predicted molar refractivity (Wildman–Crippen MR) is 80.4 cm³/mol. The summed E-state index contributed by atoms with van der Waals surface area (Å²) in [6.45, 7) is 3.49. The normalized spacial score (nSPS) is 22.4. The first-order chi connectivity index (χ1) is 9.63. The van der Waals surface area contributed by atoms with Crippen LogP contribution in [0.25, 0.3) is 6.08 Å². The van der Waals surface area contributed by atoms with E-state index in [1.165, 1.54) is 0 Å². The molecule has 0 bridgehead atoms. The minimum Gasteiger partial charge on any atom is -0.497 e. The van der Waals surface area contributed by atoms with Crippen molar-refractivity contribution in [2.24, 2.45) is 11.7 Å². The molecule has 1 heterocycles. The predicted octanol–water partition coefficient (Wildman–Crippen LogP) is 1.90. The van der Waals surface area contributed by atoms with Gasteiger partial charge in [-0.05, 0) is 49.6 Å². The number of rotatable bonds is 4. The Morgan fingerprint density at radius 2 is 2.15 bits per heavy atom. The molecule has 108 valence electrons. The second-order valence-corrected chi connectivity index (χ2v) is 5.28. The standard InChI is InChI=1S/C16H22N2O2/c1-12-9-14(10-17)11-18(12)16(19)8-5-13-3-6-15(20-2)7-4-13/h3-8,12,14H,9-11,17H2,1-2H3/b8-5+. The summed E-state index contributed by atoms with van der Waals surface area (Å²) in [7, 11) is 1.64. The van der Waals surface area contributed by atoms with Crippen LogP contribution in [0.5, 0.6) is 5.75 Å². The van der Waals surface area contributed by atoms with Crippen molar-refractivity contribution in [3.63, 3.8) is 0 Å². The Morgan fingerprint density at radius 3 is 2.70 bits per heavy atom. The van der Waals surface area contributed by atoms with Crippen LogP contribution in [0.4, 0.5) is 0 Å². The molecule has 0 saturated carbocycles. The fourth-order valence-corrected chi connectivity index (χ4v) is 2.60. The maximum Gasteiger partial charge on any atom is 0.246 e. The van der Waals surface area contributed by atoms with E-state index < -0.39 is 0 Å². The number of carbonyl (C=O) groups is 1. The zero-order valence-electron chi connectivity index (χ0n) is 12.1. The molecule has 2 atom stereocenters. The van der Waals surface area contributed by atoms with Gasteiger partial charge in [0.05, 0.1) is 7.11 Å². The minimum absolute atomic E-state index is 0.0595. The molecule has 1 fully saturated rings. The molecule has 1 aliphatic rings. The number of carbonyl (C=O) groups excluding carboxylic acids is 1. The van der Waals surface area contributed by atoms with Crippen LogP contribution >= 0.6 is 0 Å². The summed E-state index contributed by atoms with van der Waals surface area (Å²) >= 11 is 0. The smallest absolute Gasteiger partial charge is 0.246 e. The molecular formula is C16H22N2O2. The molecule has 1 aliphatic heterocycles. The van der Waals surface area contributed by atoms with Gasteiger partial charge in [0.2, 0.25) is 5.91 Å². The van der Waals surface area contributed by atoms with Crippen LogP contribution in [0.3, 0.4) is 0 Å². The van der Waals surface area contributed by atoms with Gasteiger partial charge in [-0.2, -0.15) is 0 Å². The number of nitrogens with zero attached hydrogens (tertiary/aromatic N) is 1. The number of methoxy groups -OCH3 is 1. The van der Waals surface area contributed by atoms with Gasteiger partial charge in [-0.15, -0.1) is 0 Å². The van der Waals surface area contributed by atoms with E-state index in [0.29, 0.717) is 12.5 Å². The van der Waals surface area contributed by atoms with Gasteiger partial charge < -0.3 is 15.4 Å². The van der Waals surface area contributed by atoms with Crippen molar-refractivity contribution >= 4 is 12.0 Å². The van der Waals surface area contributed by atoms with Crippen molar-refractivity contribution in [1.29, 1.82) is 0 Å². The quantitative estimate of drug-likeness (QED) is 0.853. The fraction of sp³-hybridized carbons (Fsp3) is 0.438. The summed E-state index contributed by atoms with van der Waals surface area (Å²) < 4.78 is 5.10. The maximum atomic E-state index is 12.2. The van der Waals surface area contributed by atoms with Crippen LogP contribution in [0.15, 0.2) is 30.3 Å². The summed E-state index contributed by atoms with van der Waals surface area (Å²) in [5.41, 5.74) is 6.67. The second-order valence-electron chi connectivity index (χ2n) is 5.28. The van der Waals surface area contributed by atoms with E-state index in [4.69, 9.17) is 10.5 Å². The molecule has 20 heavy (non-hydrogen) atoms. The Hall–Kier alpha value is -1.81. The van der Waals surface area contributed by atoms with Crippen molar-refractivity contribution in [1.82, 2.24) is 4.90 Å². The lowest BCUT2D eigenvalue weighted by atomic mass is 10.1. The summed E-state index contributed by atoms with van der Waals surface area (Å²) in [4.78, 5) is 14.1. The summed E-state index contributed by atoms with van der Waals surface area (Å²) in [5, 5.41) is 0. The van der Waals surface area contributed by atoms with Gasteiger partial charge in [0.15, 0.2) is 0 Å². The van der Waals surface area contributed by atoms with Crippen LogP contribution < -0.4 is 10.5 Å². The summed E-state index contributed by atoms with van der Waals surface area (Å²) in [5.74, 6) is 1.31. The Labute approximate surface area is 120 Å². The van der Waals surface area contributed by atoms with Crippen molar-refractivity contribution < 1.29 is 9.53 Å². The number of likely N-dealkylation sites (tertiary alicyclic amines) is 1. The molecule has 1 saturated heterocycles. The Kier molecular flexibility index (Phi) is 4.79. The number of nitrogens with two attached hydrogens (primary N) is 1. The molecule has 1 amide bonds. The maximum absolute atomic E-state index is 12.2. The van der Waals surface area contributed by atoms with Crippen LogP contribution in [-0.4, -0.2) is 37.0 Å². The van der Waals surface area contributed by atoms with E-state index in [1.54, 1.807) is 13.2 Å². The van der Waals surface area contributed by atoms with Gasteiger partial charge in [-0.25, -0.2) is 0 Å². The SMILES string of the molecule is COc1ccc(/C=C/C(=O)N2CC(CN)CC2C)cc1. The third-order valence-electron chi connectivity index (χ3n) is 3.81. The van der Waals surface area contributed by atoms with E-state index in [1.807, 2.05) is 35.2 Å². The lowest BCUT2D eigenvalue weighted by Crippen LogP contribution is -2.33. The van der Waals surface area contributed by atoms with E-state index in [9.17, 15) is 4.79 Å². The number of ether oxygens (including phenoxy) is 1. The van der Waals surface area contributed by atoms with Crippen molar-refractivity contribution in [2.75, 3.05) is 20.2 Å². The lowest BCUT2D eigenvalue weighted by Gasteiger charge is -2.19. The van der Waals surface area contributed by atoms with Crippen LogP contribution in [0, 0.1) is 5.92 Å². The van der Waals surface area contributed by atoms with Gasteiger partial charge in [0.1, 0.15) is 5.75 Å². The Balaban J connectivity index is 1.98. The van der Waals surface area contributed by atoms with Gasteiger partial charge in [0, 0.05) is 18.7 Å². The van der Waals surface area contributed by atoms with E-state index in [0.717, 1.165) is 24.3 Å². The van der Waals surface area contributed by atoms with Gasteiger partial charge in [-0.3, -0.25) is 4.79 Å². The molecule has 4 heteroatoms. The molecule has 4 nitrogen and oxygen atoms in total. The van der Waals surface area contributed by atoms with Crippen LogP contribution in [-0.2, 0) is 4.79 Å². The zero-order valence-corrected chi connectivity index (χ0v) is 12.1. The first-order valence-electron chi connectivity index (χ1n) is 6.97.